The van der Waals surface area contributed by atoms with Crippen LogP contribution in [0, 0.1) is 0 Å². The molecule has 0 aromatic heterocycles. The molecule has 0 saturated heterocycles. The summed E-state index contributed by atoms with van der Waals surface area (Å²) in [4.78, 5) is 2.19. The minimum Gasteiger partial charge on any atom is -0.500 e. The summed E-state index contributed by atoms with van der Waals surface area (Å²) in [5.74, 6) is 0. The lowest BCUT2D eigenvalue weighted by Crippen LogP contribution is -2.26. The second kappa shape index (κ2) is 12.1. The van der Waals surface area contributed by atoms with Gasteiger partial charge in [0.2, 0.25) is 0 Å². The van der Waals surface area contributed by atoms with E-state index in [0.29, 0.717) is 0 Å². The van der Waals surface area contributed by atoms with E-state index in [0.717, 1.165) is 39.1 Å². The van der Waals surface area contributed by atoms with Gasteiger partial charge in [0.15, 0.2) is 0 Å². The molecule has 94 valence electrons. The highest BCUT2D eigenvalue weighted by Crippen LogP contribution is 1.88. The maximum atomic E-state index is 5.31. The van der Waals surface area contributed by atoms with Crippen LogP contribution in [-0.4, -0.2) is 38.3 Å². The number of nitrogens with zero attached hydrogens (tertiary/aromatic N) is 1. The Bertz CT molecular complexity index is 170. The average Bonchev–Trinajstić information content (AvgIpc) is 2.28. The van der Waals surface area contributed by atoms with Crippen molar-refractivity contribution in [1.29, 1.82) is 0 Å². The van der Waals surface area contributed by atoms with Gasteiger partial charge in [0, 0.05) is 13.1 Å². The second-order valence-electron chi connectivity index (χ2n) is 3.60. The van der Waals surface area contributed by atoms with Crippen molar-refractivity contribution in [2.24, 2.45) is 0 Å². The Hall–Kier alpha value is -0.960. The van der Waals surface area contributed by atoms with Crippen LogP contribution in [0.2, 0.25) is 0 Å². The van der Waals surface area contributed by atoms with Crippen LogP contribution in [0.3, 0.4) is 0 Å². The zero-order chi connectivity index (χ0) is 12.1. The predicted octanol–water partition coefficient (Wildman–Crippen LogP) is 2.80. The van der Waals surface area contributed by atoms with Gasteiger partial charge in [-0.3, -0.25) is 4.90 Å². The average molecular weight is 227 g/mol. The quantitative estimate of drug-likeness (QED) is 0.423. The SMILES string of the molecule is CCC=COCCN(C)CCOC=CCC. The summed E-state index contributed by atoms with van der Waals surface area (Å²) in [6.07, 6.45) is 9.61. The van der Waals surface area contributed by atoms with Crippen LogP contribution in [0.25, 0.3) is 0 Å². The Labute approximate surface area is 99.7 Å². The highest BCUT2D eigenvalue weighted by atomic mass is 16.5. The molecule has 3 heteroatoms. The number of allylic oxidation sites excluding steroid dienone is 2. The molecule has 0 rings (SSSR count). The predicted molar refractivity (Wildman–Crippen MR) is 68.3 cm³/mol. The van der Waals surface area contributed by atoms with Gasteiger partial charge in [-0.25, -0.2) is 0 Å². The molecular weight excluding hydrogens is 202 g/mol. The number of hydrogen-bond acceptors (Lipinski definition) is 3. The third-order valence-corrected chi connectivity index (χ3v) is 2.04. The smallest absolute Gasteiger partial charge is 0.0999 e. The van der Waals surface area contributed by atoms with E-state index < -0.39 is 0 Å². The lowest BCUT2D eigenvalue weighted by molar-refractivity contribution is 0.161. The van der Waals surface area contributed by atoms with E-state index in [1.165, 1.54) is 0 Å². The van der Waals surface area contributed by atoms with Gasteiger partial charge >= 0.3 is 0 Å². The van der Waals surface area contributed by atoms with Crippen LogP contribution in [0.15, 0.2) is 24.7 Å². The molecule has 0 fully saturated rings. The lowest BCUT2D eigenvalue weighted by atomic mass is 10.5. The first-order valence-corrected chi connectivity index (χ1v) is 6.03. The lowest BCUT2D eigenvalue weighted by Gasteiger charge is -2.15. The van der Waals surface area contributed by atoms with Crippen molar-refractivity contribution in [3.63, 3.8) is 0 Å². The summed E-state index contributed by atoms with van der Waals surface area (Å²) in [5, 5.41) is 0. The third-order valence-electron chi connectivity index (χ3n) is 2.04. The summed E-state index contributed by atoms with van der Waals surface area (Å²) in [7, 11) is 2.07. The van der Waals surface area contributed by atoms with Crippen molar-refractivity contribution in [3.8, 4) is 0 Å². The molecular formula is C13H25NO2. The van der Waals surface area contributed by atoms with Crippen LogP contribution in [-0.2, 0) is 9.47 Å². The van der Waals surface area contributed by atoms with E-state index in [1.54, 1.807) is 12.5 Å². The minimum absolute atomic E-state index is 0.734. The molecule has 0 aromatic carbocycles. The summed E-state index contributed by atoms with van der Waals surface area (Å²) in [5.41, 5.74) is 0. The van der Waals surface area contributed by atoms with E-state index in [2.05, 4.69) is 25.8 Å². The maximum Gasteiger partial charge on any atom is 0.0999 e. The molecule has 0 spiro atoms. The van der Waals surface area contributed by atoms with Crippen LogP contribution < -0.4 is 0 Å². The number of likely N-dealkylation sites (N-methyl/N-ethyl adjacent to an activating group) is 1. The highest BCUT2D eigenvalue weighted by Gasteiger charge is 1.96. The molecule has 16 heavy (non-hydrogen) atoms. The highest BCUT2D eigenvalue weighted by molar-refractivity contribution is 4.71. The molecule has 0 heterocycles. The first-order valence-electron chi connectivity index (χ1n) is 6.03. The van der Waals surface area contributed by atoms with Crippen molar-refractivity contribution in [2.45, 2.75) is 26.7 Å². The van der Waals surface area contributed by atoms with Gasteiger partial charge in [0.05, 0.1) is 25.7 Å². The van der Waals surface area contributed by atoms with Crippen molar-refractivity contribution < 1.29 is 9.47 Å². The van der Waals surface area contributed by atoms with Crippen molar-refractivity contribution in [3.05, 3.63) is 24.7 Å². The molecule has 0 bridgehead atoms. The summed E-state index contributed by atoms with van der Waals surface area (Å²) in [6, 6.07) is 0. The molecule has 0 aliphatic rings. The largest absolute Gasteiger partial charge is 0.500 e. The third kappa shape index (κ3) is 11.1. The summed E-state index contributed by atoms with van der Waals surface area (Å²) >= 11 is 0. The Kier molecular flexibility index (Phi) is 11.4. The topological polar surface area (TPSA) is 21.7 Å². The molecule has 0 aromatic rings. The van der Waals surface area contributed by atoms with Gasteiger partial charge in [-0.2, -0.15) is 0 Å². The number of hydrogen-bond donors (Lipinski definition) is 0. The number of rotatable bonds is 10. The van der Waals surface area contributed by atoms with E-state index in [9.17, 15) is 0 Å². The molecule has 0 aliphatic carbocycles. The standard InChI is InChI=1S/C13H25NO2/c1-4-6-10-15-12-8-14(3)9-13-16-11-7-5-2/h6-7,10-11H,4-5,8-9,12-13H2,1-3H3. The first-order chi connectivity index (χ1) is 7.81. The van der Waals surface area contributed by atoms with Gasteiger partial charge in [-0.15, -0.1) is 0 Å². The first kappa shape index (κ1) is 15.0. The molecule has 0 aliphatic heterocycles. The second-order valence-corrected chi connectivity index (χ2v) is 3.60. The number of ether oxygens (including phenoxy) is 2. The summed E-state index contributed by atoms with van der Waals surface area (Å²) < 4.78 is 10.6. The van der Waals surface area contributed by atoms with Gasteiger partial charge in [0.25, 0.3) is 0 Å². The van der Waals surface area contributed by atoms with Crippen LogP contribution in [0.4, 0.5) is 0 Å². The zero-order valence-electron chi connectivity index (χ0n) is 10.8. The van der Waals surface area contributed by atoms with Crippen molar-refractivity contribution in [2.75, 3.05) is 33.4 Å². The van der Waals surface area contributed by atoms with Gasteiger partial charge in [-0.05, 0) is 19.9 Å². The van der Waals surface area contributed by atoms with E-state index >= 15 is 0 Å². The maximum absolute atomic E-state index is 5.31. The monoisotopic (exact) mass is 227 g/mol. The Balaban J connectivity index is 3.27. The van der Waals surface area contributed by atoms with Gasteiger partial charge in [0.1, 0.15) is 0 Å². The minimum atomic E-state index is 0.734. The summed E-state index contributed by atoms with van der Waals surface area (Å²) in [6.45, 7) is 7.50. The molecule has 3 nitrogen and oxygen atoms in total. The van der Waals surface area contributed by atoms with Crippen LogP contribution >= 0.6 is 0 Å². The zero-order valence-corrected chi connectivity index (χ0v) is 10.8. The van der Waals surface area contributed by atoms with E-state index in [4.69, 9.17) is 9.47 Å². The van der Waals surface area contributed by atoms with Crippen molar-refractivity contribution in [1.82, 2.24) is 4.90 Å². The molecule has 0 unspecified atom stereocenters. The van der Waals surface area contributed by atoms with Gasteiger partial charge in [-0.1, -0.05) is 26.0 Å². The van der Waals surface area contributed by atoms with E-state index in [1.807, 2.05) is 12.2 Å². The Morgan fingerprint density at radius 1 is 0.875 bits per heavy atom. The van der Waals surface area contributed by atoms with Gasteiger partial charge < -0.3 is 9.47 Å². The van der Waals surface area contributed by atoms with E-state index in [-0.39, 0.29) is 0 Å². The van der Waals surface area contributed by atoms with Crippen LogP contribution in [0.5, 0.6) is 0 Å². The fourth-order valence-corrected chi connectivity index (χ4v) is 0.994. The Morgan fingerprint density at radius 3 is 1.69 bits per heavy atom. The fourth-order valence-electron chi connectivity index (χ4n) is 0.994. The van der Waals surface area contributed by atoms with Crippen molar-refractivity contribution >= 4 is 0 Å². The normalized spacial score (nSPS) is 11.8. The molecule has 0 atom stereocenters. The molecule has 0 N–H and O–H groups in total. The fraction of sp³-hybridized carbons (Fsp3) is 0.692. The van der Waals surface area contributed by atoms with Crippen LogP contribution in [0.1, 0.15) is 26.7 Å². The molecule has 0 amide bonds. The molecule has 0 radical (unpaired) electrons. The molecule has 0 saturated carbocycles. The Morgan fingerprint density at radius 2 is 1.31 bits per heavy atom.